The molecule has 1 aliphatic rings. The summed E-state index contributed by atoms with van der Waals surface area (Å²) in [6.07, 6.45) is 2.15. The van der Waals surface area contributed by atoms with Gasteiger partial charge in [0.25, 0.3) is 5.91 Å². The van der Waals surface area contributed by atoms with Gasteiger partial charge in [-0.1, -0.05) is 83.3 Å². The first-order valence-electron chi connectivity index (χ1n) is 10.9. The molecule has 5 rings (SSSR count). The predicted molar refractivity (Wildman–Crippen MR) is 148 cm³/mol. The van der Waals surface area contributed by atoms with Crippen LogP contribution in [0.1, 0.15) is 39.6 Å². The highest BCUT2D eigenvalue weighted by Gasteiger charge is 2.32. The summed E-state index contributed by atoms with van der Waals surface area (Å²) in [7, 11) is 0. The Hall–Kier alpha value is -3.23. The average Bonchev–Trinajstić information content (AvgIpc) is 3.54. The van der Waals surface area contributed by atoms with Gasteiger partial charge in [0.15, 0.2) is 0 Å². The molecular formula is C26H18Cl3N5OS. The molecule has 2 heterocycles. The quantitative estimate of drug-likeness (QED) is 0.202. The van der Waals surface area contributed by atoms with Crippen LogP contribution in [0, 0.1) is 0 Å². The molecule has 1 aromatic heterocycles. The van der Waals surface area contributed by atoms with Crippen molar-refractivity contribution in [2.75, 3.05) is 5.01 Å². The molecule has 0 aliphatic carbocycles. The van der Waals surface area contributed by atoms with E-state index in [0.29, 0.717) is 32.2 Å². The highest BCUT2D eigenvalue weighted by molar-refractivity contribution is 7.14. The summed E-state index contributed by atoms with van der Waals surface area (Å²) >= 11 is 19.5. The van der Waals surface area contributed by atoms with Crippen molar-refractivity contribution >= 4 is 69.1 Å². The van der Waals surface area contributed by atoms with Crippen LogP contribution in [0.5, 0.6) is 0 Å². The van der Waals surface area contributed by atoms with E-state index in [4.69, 9.17) is 39.9 Å². The second-order valence-electron chi connectivity index (χ2n) is 7.91. The van der Waals surface area contributed by atoms with Crippen LogP contribution in [0.25, 0.3) is 0 Å². The van der Waals surface area contributed by atoms with E-state index < -0.39 is 5.91 Å². The lowest BCUT2D eigenvalue weighted by Crippen LogP contribution is -2.20. The van der Waals surface area contributed by atoms with Gasteiger partial charge in [0.1, 0.15) is 5.69 Å². The van der Waals surface area contributed by atoms with Gasteiger partial charge in [-0.2, -0.15) is 10.2 Å². The average molecular weight is 555 g/mol. The fourth-order valence-corrected chi connectivity index (χ4v) is 5.12. The lowest BCUT2D eigenvalue weighted by molar-refractivity contribution is 0.0951. The smallest absolute Gasteiger partial charge is 0.266 e. The van der Waals surface area contributed by atoms with Crippen LogP contribution < -0.4 is 10.4 Å². The maximum atomic E-state index is 12.7. The van der Waals surface area contributed by atoms with Gasteiger partial charge in [-0.25, -0.2) is 15.4 Å². The van der Waals surface area contributed by atoms with Crippen molar-refractivity contribution in [2.24, 2.45) is 10.2 Å². The van der Waals surface area contributed by atoms with Crippen LogP contribution in [0.2, 0.25) is 15.1 Å². The van der Waals surface area contributed by atoms with Gasteiger partial charge in [-0.15, -0.1) is 11.3 Å². The fourth-order valence-electron chi connectivity index (χ4n) is 3.73. The van der Waals surface area contributed by atoms with E-state index in [1.807, 2.05) is 59.6 Å². The van der Waals surface area contributed by atoms with Gasteiger partial charge in [-0.05, 0) is 35.4 Å². The van der Waals surface area contributed by atoms with Gasteiger partial charge in [-0.3, -0.25) is 4.79 Å². The maximum absolute atomic E-state index is 12.7. The van der Waals surface area contributed by atoms with E-state index in [1.54, 1.807) is 23.6 Å². The number of carbonyl (C=O) groups excluding carboxylic acids is 1. The minimum absolute atomic E-state index is 0.0791. The highest BCUT2D eigenvalue weighted by Crippen LogP contribution is 2.38. The van der Waals surface area contributed by atoms with Crippen molar-refractivity contribution in [1.29, 1.82) is 0 Å². The van der Waals surface area contributed by atoms with Crippen molar-refractivity contribution in [3.63, 3.8) is 0 Å². The normalized spacial score (nSPS) is 15.4. The van der Waals surface area contributed by atoms with Gasteiger partial charge < -0.3 is 0 Å². The Kier molecular flexibility index (Phi) is 7.34. The summed E-state index contributed by atoms with van der Waals surface area (Å²) in [6.45, 7) is 0. The first kappa shape index (κ1) is 24.5. The number of aromatic nitrogens is 1. The van der Waals surface area contributed by atoms with Crippen molar-refractivity contribution in [3.8, 4) is 0 Å². The summed E-state index contributed by atoms with van der Waals surface area (Å²) in [6, 6.07) is 22.7. The highest BCUT2D eigenvalue weighted by atomic mass is 35.5. The summed E-state index contributed by atoms with van der Waals surface area (Å²) in [5.41, 5.74) is 6.41. The molecule has 4 aromatic rings. The zero-order valence-corrected chi connectivity index (χ0v) is 21.7. The Bertz CT molecular complexity index is 1450. The Morgan fingerprint density at radius 2 is 1.78 bits per heavy atom. The Morgan fingerprint density at radius 3 is 2.53 bits per heavy atom. The number of rotatable bonds is 6. The van der Waals surface area contributed by atoms with Crippen LogP contribution in [-0.4, -0.2) is 22.8 Å². The number of hydrogen-bond acceptors (Lipinski definition) is 6. The van der Waals surface area contributed by atoms with Gasteiger partial charge in [0.05, 0.1) is 23.0 Å². The number of amides is 1. The summed E-state index contributed by atoms with van der Waals surface area (Å²) in [5.74, 6) is -0.437. The molecule has 1 atom stereocenters. The zero-order valence-electron chi connectivity index (χ0n) is 18.6. The van der Waals surface area contributed by atoms with E-state index in [9.17, 15) is 4.79 Å². The largest absolute Gasteiger partial charge is 0.290 e. The molecule has 0 bridgehead atoms. The number of hydrogen-bond donors (Lipinski definition) is 1. The van der Waals surface area contributed by atoms with Crippen LogP contribution >= 0.6 is 46.1 Å². The van der Waals surface area contributed by atoms with Gasteiger partial charge in [0.2, 0.25) is 5.13 Å². The molecule has 1 N–H and O–H groups in total. The minimum atomic E-state index is -0.437. The molecule has 6 nitrogen and oxygen atoms in total. The molecule has 1 amide bonds. The fraction of sp³-hybridized carbons (Fsp3) is 0.0769. The van der Waals surface area contributed by atoms with Crippen molar-refractivity contribution < 1.29 is 4.79 Å². The number of thiazole rings is 1. The Balaban J connectivity index is 1.37. The molecule has 1 unspecified atom stereocenters. The van der Waals surface area contributed by atoms with E-state index in [2.05, 4.69) is 15.5 Å². The first-order chi connectivity index (χ1) is 17.5. The van der Waals surface area contributed by atoms with E-state index in [-0.39, 0.29) is 11.7 Å². The number of halogens is 3. The monoisotopic (exact) mass is 553 g/mol. The molecule has 3 aromatic carbocycles. The lowest BCUT2D eigenvalue weighted by atomic mass is 9.99. The van der Waals surface area contributed by atoms with Crippen molar-refractivity contribution in [3.05, 3.63) is 116 Å². The molecule has 1 aliphatic heterocycles. The Morgan fingerprint density at radius 1 is 1.03 bits per heavy atom. The molecule has 0 saturated carbocycles. The van der Waals surface area contributed by atoms with Crippen LogP contribution in [0.3, 0.4) is 0 Å². The number of nitrogens with zero attached hydrogens (tertiary/aromatic N) is 4. The van der Waals surface area contributed by atoms with Crippen LogP contribution in [-0.2, 0) is 0 Å². The maximum Gasteiger partial charge on any atom is 0.290 e. The van der Waals surface area contributed by atoms with E-state index in [1.165, 1.54) is 17.6 Å². The second kappa shape index (κ2) is 10.8. The minimum Gasteiger partial charge on any atom is -0.266 e. The SMILES string of the molecule is O=C(NN=Cc1ccc(Cl)cc1Cl)c1csc(N2N=C(c3ccccc3)CC2c2ccc(Cl)cc2)n1. The molecule has 180 valence electrons. The summed E-state index contributed by atoms with van der Waals surface area (Å²) in [5, 5.41) is 14.7. The molecule has 0 saturated heterocycles. The molecule has 0 spiro atoms. The Labute approximate surface area is 226 Å². The van der Waals surface area contributed by atoms with Gasteiger partial charge >= 0.3 is 0 Å². The zero-order chi connectivity index (χ0) is 25.1. The third-order valence-electron chi connectivity index (χ3n) is 5.53. The molecule has 10 heteroatoms. The third kappa shape index (κ3) is 5.44. The molecular weight excluding hydrogens is 537 g/mol. The van der Waals surface area contributed by atoms with Crippen molar-refractivity contribution in [2.45, 2.75) is 12.5 Å². The van der Waals surface area contributed by atoms with E-state index in [0.717, 1.165) is 16.8 Å². The standard InChI is InChI=1S/C26H18Cl3N5OS/c27-19-9-6-17(7-10-19)24-13-22(16-4-2-1-3-5-16)33-34(24)26-31-23(15-36-26)25(35)32-30-14-18-8-11-20(28)12-21(18)29/h1-12,14-15,24H,13H2,(H,32,35). The molecule has 0 radical (unpaired) electrons. The predicted octanol–water partition coefficient (Wildman–Crippen LogP) is 7.22. The topological polar surface area (TPSA) is 70.0 Å². The third-order valence-corrected chi connectivity index (χ3v) is 7.17. The number of hydrazone groups is 2. The molecule has 0 fully saturated rings. The summed E-state index contributed by atoms with van der Waals surface area (Å²) < 4.78 is 0. The van der Waals surface area contributed by atoms with Crippen molar-refractivity contribution in [1.82, 2.24) is 10.4 Å². The van der Waals surface area contributed by atoms with Crippen LogP contribution in [0.15, 0.2) is 88.4 Å². The number of nitrogens with one attached hydrogen (secondary N) is 1. The summed E-state index contributed by atoms with van der Waals surface area (Å²) in [4.78, 5) is 17.2. The van der Waals surface area contributed by atoms with Crippen LogP contribution in [0.4, 0.5) is 5.13 Å². The van der Waals surface area contributed by atoms with Gasteiger partial charge in [0, 0.05) is 27.4 Å². The number of benzene rings is 3. The first-order valence-corrected chi connectivity index (χ1v) is 12.9. The lowest BCUT2D eigenvalue weighted by Gasteiger charge is -2.21. The number of carbonyl (C=O) groups is 1. The number of anilines is 1. The van der Waals surface area contributed by atoms with E-state index >= 15 is 0 Å². The molecule has 36 heavy (non-hydrogen) atoms. The second-order valence-corrected chi connectivity index (χ2v) is 10.0.